The highest BCUT2D eigenvalue weighted by atomic mass is 79.9. The maximum absolute atomic E-state index is 5.97. The van der Waals surface area contributed by atoms with Gasteiger partial charge in [-0.2, -0.15) is 0 Å². The minimum atomic E-state index is 0.485. The van der Waals surface area contributed by atoms with Crippen LogP contribution in [0.2, 0.25) is 0 Å². The van der Waals surface area contributed by atoms with Crippen molar-refractivity contribution in [3.8, 4) is 23.0 Å². The Morgan fingerprint density at radius 3 is 2.52 bits per heavy atom. The van der Waals surface area contributed by atoms with Gasteiger partial charge in [-0.3, -0.25) is 0 Å². The fourth-order valence-electron chi connectivity index (χ4n) is 3.07. The number of hydrogen-bond acceptors (Lipinski definition) is 5. The molecule has 0 saturated heterocycles. The van der Waals surface area contributed by atoms with Gasteiger partial charge in [-0.25, -0.2) is 0 Å². The van der Waals surface area contributed by atoms with E-state index in [0.29, 0.717) is 37.9 Å². The Balaban J connectivity index is 1.45. The summed E-state index contributed by atoms with van der Waals surface area (Å²) in [7, 11) is 1.65. The van der Waals surface area contributed by atoms with Gasteiger partial charge < -0.3 is 24.3 Å². The highest BCUT2D eigenvalue weighted by molar-refractivity contribution is 9.10. The summed E-state index contributed by atoms with van der Waals surface area (Å²) >= 11 is 3.65. The Morgan fingerprint density at radius 2 is 1.72 bits per heavy atom. The molecule has 5 nitrogen and oxygen atoms in total. The largest absolute Gasteiger partial charge is 0.493 e. The third kappa shape index (κ3) is 4.77. The van der Waals surface area contributed by atoms with E-state index in [1.807, 2.05) is 60.7 Å². The lowest BCUT2D eigenvalue weighted by Gasteiger charge is -2.19. The van der Waals surface area contributed by atoms with Crippen LogP contribution in [0.3, 0.4) is 0 Å². The van der Waals surface area contributed by atoms with Crippen molar-refractivity contribution < 1.29 is 18.9 Å². The second-order valence-corrected chi connectivity index (χ2v) is 7.44. The van der Waals surface area contributed by atoms with Gasteiger partial charge in [0.05, 0.1) is 7.11 Å². The molecule has 0 aliphatic carbocycles. The molecule has 0 bridgehead atoms. The molecule has 0 saturated carbocycles. The van der Waals surface area contributed by atoms with Crippen LogP contribution < -0.4 is 24.3 Å². The van der Waals surface area contributed by atoms with Crippen LogP contribution in [-0.2, 0) is 13.2 Å². The number of benzene rings is 3. The first-order valence-electron chi connectivity index (χ1n) is 9.39. The average Bonchev–Trinajstić information content (AvgIpc) is 2.77. The van der Waals surface area contributed by atoms with Crippen LogP contribution in [-0.4, -0.2) is 20.3 Å². The minimum absolute atomic E-state index is 0.485. The molecule has 1 N–H and O–H groups in total. The summed E-state index contributed by atoms with van der Waals surface area (Å²) in [6.45, 7) is 2.27. The van der Waals surface area contributed by atoms with E-state index >= 15 is 0 Å². The van der Waals surface area contributed by atoms with Crippen LogP contribution in [0.15, 0.2) is 65.1 Å². The normalized spacial score (nSPS) is 12.3. The monoisotopic (exact) mass is 455 g/mol. The van der Waals surface area contributed by atoms with E-state index in [0.717, 1.165) is 32.8 Å². The lowest BCUT2D eigenvalue weighted by Crippen LogP contribution is -2.15. The molecule has 0 aromatic heterocycles. The Bertz CT molecular complexity index is 978. The first-order valence-corrected chi connectivity index (χ1v) is 10.2. The molecule has 4 rings (SSSR count). The molecule has 0 atom stereocenters. The number of hydrogen-bond donors (Lipinski definition) is 1. The molecule has 6 heteroatoms. The summed E-state index contributed by atoms with van der Waals surface area (Å²) in [5.74, 6) is 2.95. The number of ether oxygens (including phenoxy) is 4. The molecule has 150 valence electrons. The Morgan fingerprint density at radius 1 is 0.931 bits per heavy atom. The molecule has 1 aliphatic rings. The second-order valence-electron chi connectivity index (χ2n) is 6.58. The molecule has 0 spiro atoms. The lowest BCUT2D eigenvalue weighted by molar-refractivity contribution is 0.171. The zero-order valence-corrected chi connectivity index (χ0v) is 17.7. The quantitative estimate of drug-likeness (QED) is 0.515. The SMILES string of the molecule is COc1cc(CNc2ccc3c(c2)OCCO3)c(Br)cc1OCc1ccccc1. The molecular formula is C23H22BrNO4. The minimum Gasteiger partial charge on any atom is -0.493 e. The topological polar surface area (TPSA) is 49.0 Å². The van der Waals surface area contributed by atoms with Gasteiger partial charge in [0.1, 0.15) is 19.8 Å². The van der Waals surface area contributed by atoms with Crippen LogP contribution >= 0.6 is 15.9 Å². The van der Waals surface area contributed by atoms with E-state index in [2.05, 4.69) is 21.2 Å². The third-order valence-corrected chi connectivity index (χ3v) is 5.33. The maximum Gasteiger partial charge on any atom is 0.163 e. The van der Waals surface area contributed by atoms with Crippen molar-refractivity contribution in [1.82, 2.24) is 0 Å². The summed E-state index contributed by atoms with van der Waals surface area (Å²) in [6, 6.07) is 19.8. The van der Waals surface area contributed by atoms with Crippen LogP contribution in [0.4, 0.5) is 5.69 Å². The maximum atomic E-state index is 5.97. The Hall–Kier alpha value is -2.86. The number of rotatable bonds is 7. The van der Waals surface area contributed by atoms with Crippen molar-refractivity contribution in [3.63, 3.8) is 0 Å². The van der Waals surface area contributed by atoms with Crippen molar-refractivity contribution in [2.24, 2.45) is 0 Å². The van der Waals surface area contributed by atoms with Crippen molar-refractivity contribution >= 4 is 21.6 Å². The molecule has 0 amide bonds. The first-order chi connectivity index (χ1) is 14.2. The zero-order valence-electron chi connectivity index (χ0n) is 16.1. The molecule has 0 fully saturated rings. The standard InChI is InChI=1S/C23H22BrNO4/c1-26-21-11-17(14-25-18-7-8-20-22(12-18)28-10-9-27-20)19(24)13-23(21)29-15-16-5-3-2-4-6-16/h2-8,11-13,25H,9-10,14-15H2,1H3. The van der Waals surface area contributed by atoms with Crippen LogP contribution in [0, 0.1) is 0 Å². The molecule has 1 aliphatic heterocycles. The summed E-state index contributed by atoms with van der Waals surface area (Å²) < 4.78 is 23.7. The summed E-state index contributed by atoms with van der Waals surface area (Å²) in [4.78, 5) is 0. The van der Waals surface area contributed by atoms with Crippen LogP contribution in [0.25, 0.3) is 0 Å². The predicted molar refractivity (Wildman–Crippen MR) is 116 cm³/mol. The van der Waals surface area contributed by atoms with E-state index < -0.39 is 0 Å². The Kier molecular flexibility index (Phi) is 6.10. The lowest BCUT2D eigenvalue weighted by atomic mass is 10.2. The number of fused-ring (bicyclic) bond motifs is 1. The van der Waals surface area contributed by atoms with Crippen LogP contribution in [0.5, 0.6) is 23.0 Å². The smallest absolute Gasteiger partial charge is 0.163 e. The zero-order chi connectivity index (χ0) is 20.1. The highest BCUT2D eigenvalue weighted by Crippen LogP contribution is 2.36. The molecule has 29 heavy (non-hydrogen) atoms. The number of nitrogens with one attached hydrogen (secondary N) is 1. The first kappa shape index (κ1) is 19.5. The molecule has 0 radical (unpaired) electrons. The van der Waals surface area contributed by atoms with Crippen molar-refractivity contribution in [3.05, 3.63) is 76.3 Å². The number of methoxy groups -OCH3 is 1. The Labute approximate surface area is 178 Å². The van der Waals surface area contributed by atoms with Crippen molar-refractivity contribution in [1.29, 1.82) is 0 Å². The predicted octanol–water partition coefficient (Wildman–Crippen LogP) is 5.42. The molecule has 0 unspecified atom stereocenters. The summed E-state index contributed by atoms with van der Waals surface area (Å²) in [5.41, 5.74) is 3.13. The molecular weight excluding hydrogens is 434 g/mol. The second kappa shape index (κ2) is 9.09. The van der Waals surface area contributed by atoms with Gasteiger partial charge in [-0.05, 0) is 35.4 Å². The third-order valence-electron chi connectivity index (χ3n) is 4.59. The van der Waals surface area contributed by atoms with Crippen LogP contribution in [0.1, 0.15) is 11.1 Å². The van der Waals surface area contributed by atoms with Gasteiger partial charge in [-0.1, -0.05) is 46.3 Å². The van der Waals surface area contributed by atoms with Crippen molar-refractivity contribution in [2.45, 2.75) is 13.2 Å². The number of halogens is 1. The molecule has 3 aromatic rings. The fourth-order valence-corrected chi connectivity index (χ4v) is 3.53. The van der Waals surface area contributed by atoms with E-state index in [9.17, 15) is 0 Å². The van der Waals surface area contributed by atoms with Gasteiger partial charge in [0.15, 0.2) is 23.0 Å². The fraction of sp³-hybridized carbons (Fsp3) is 0.217. The van der Waals surface area contributed by atoms with E-state index in [4.69, 9.17) is 18.9 Å². The van der Waals surface area contributed by atoms with E-state index in [1.165, 1.54) is 0 Å². The molecule has 1 heterocycles. The van der Waals surface area contributed by atoms with Gasteiger partial charge in [-0.15, -0.1) is 0 Å². The summed E-state index contributed by atoms with van der Waals surface area (Å²) in [5, 5.41) is 3.42. The van der Waals surface area contributed by atoms with Gasteiger partial charge >= 0.3 is 0 Å². The number of anilines is 1. The highest BCUT2D eigenvalue weighted by Gasteiger charge is 2.13. The van der Waals surface area contributed by atoms with Gasteiger partial charge in [0.25, 0.3) is 0 Å². The van der Waals surface area contributed by atoms with Gasteiger partial charge in [0, 0.05) is 22.8 Å². The average molecular weight is 456 g/mol. The summed E-state index contributed by atoms with van der Waals surface area (Å²) in [6.07, 6.45) is 0. The van der Waals surface area contributed by atoms with Crippen molar-refractivity contribution in [2.75, 3.05) is 25.6 Å². The van der Waals surface area contributed by atoms with E-state index in [1.54, 1.807) is 7.11 Å². The van der Waals surface area contributed by atoms with Gasteiger partial charge in [0.2, 0.25) is 0 Å². The molecule has 3 aromatic carbocycles. The van der Waals surface area contributed by atoms with E-state index in [-0.39, 0.29) is 0 Å².